The maximum Gasteiger partial charge on any atom is 0.0546 e. The fraction of sp³-hybridized carbons (Fsp3) is 0. The molecule has 0 atom stereocenters. The molecule has 0 N–H and O–H groups in total. The van der Waals surface area contributed by atoms with Gasteiger partial charge in [-0.15, -0.1) is 0 Å². The summed E-state index contributed by atoms with van der Waals surface area (Å²) in [5, 5.41) is 9.99. The van der Waals surface area contributed by atoms with E-state index in [1.54, 1.807) is 0 Å². The van der Waals surface area contributed by atoms with Gasteiger partial charge in [-0.3, -0.25) is 0 Å². The maximum atomic E-state index is 3.75. The second kappa shape index (κ2) is 13.4. The van der Waals surface area contributed by atoms with Crippen molar-refractivity contribution in [2.45, 2.75) is 0 Å². The normalized spacial score (nSPS) is 11.8. The first-order chi connectivity index (χ1) is 29.2. The van der Waals surface area contributed by atoms with E-state index in [0.29, 0.717) is 0 Å². The van der Waals surface area contributed by atoms with Gasteiger partial charge >= 0.3 is 0 Å². The molecule has 0 amide bonds. The Bertz CT molecular complexity index is 3630. The van der Waals surface area contributed by atoms with E-state index in [1.165, 1.54) is 104 Å². The number of aromatic nitrogens is 2. The van der Waals surface area contributed by atoms with Gasteiger partial charge < -0.3 is 9.13 Å². The summed E-state index contributed by atoms with van der Waals surface area (Å²) in [4.78, 5) is 0. The van der Waals surface area contributed by atoms with Gasteiger partial charge in [0.15, 0.2) is 0 Å². The molecule has 0 aliphatic heterocycles. The third-order valence-electron chi connectivity index (χ3n) is 12.1. The lowest BCUT2D eigenvalue weighted by molar-refractivity contribution is 1.18. The molecule has 0 radical (unpaired) electrons. The van der Waals surface area contributed by atoms with Crippen LogP contribution in [-0.2, 0) is 0 Å². The topological polar surface area (TPSA) is 9.86 Å². The van der Waals surface area contributed by atoms with Crippen molar-refractivity contribution in [3.05, 3.63) is 217 Å². The van der Waals surface area contributed by atoms with Gasteiger partial charge in [-0.1, -0.05) is 143 Å². The molecule has 0 saturated heterocycles. The summed E-state index contributed by atoms with van der Waals surface area (Å²) in [5.74, 6) is 0. The van der Waals surface area contributed by atoms with Gasteiger partial charge in [0.05, 0.1) is 27.8 Å². The highest BCUT2D eigenvalue weighted by atomic mass is 79.9. The van der Waals surface area contributed by atoms with Crippen LogP contribution in [0.5, 0.6) is 0 Å². The minimum Gasteiger partial charge on any atom is -0.309 e. The first-order valence-electron chi connectivity index (χ1n) is 20.1. The molecule has 2 nitrogen and oxygen atoms in total. The molecule has 2 aromatic heterocycles. The standard InChI is InChI=1S/C56H35BrN2/c57-43-15-12-14-36(32-43)40-29-41(37-25-27-54-50(33-37)48-21-8-10-23-52(48)58(54)44-16-2-1-3-17-44)31-42(30-40)38-26-28-55-51(34-38)49-22-9-11-24-53(49)59(55)56-35-39-13-4-5-18-45(39)46-19-6-7-20-47(46)56/h1-35H. The zero-order valence-electron chi connectivity index (χ0n) is 32.0. The molecule has 0 saturated carbocycles. The van der Waals surface area contributed by atoms with E-state index in [0.717, 1.165) is 10.2 Å². The van der Waals surface area contributed by atoms with Gasteiger partial charge in [-0.25, -0.2) is 0 Å². The van der Waals surface area contributed by atoms with Gasteiger partial charge in [-0.05, 0) is 134 Å². The molecule has 0 unspecified atom stereocenters. The number of rotatable bonds is 5. The average molecular weight is 816 g/mol. The first kappa shape index (κ1) is 33.9. The number of hydrogen-bond acceptors (Lipinski definition) is 0. The van der Waals surface area contributed by atoms with Crippen LogP contribution < -0.4 is 0 Å². The van der Waals surface area contributed by atoms with Crippen LogP contribution in [0, 0.1) is 0 Å². The summed E-state index contributed by atoms with van der Waals surface area (Å²) in [6.07, 6.45) is 0. The number of halogens is 1. The molecule has 0 aliphatic rings. The van der Waals surface area contributed by atoms with Crippen molar-refractivity contribution in [3.8, 4) is 44.8 Å². The van der Waals surface area contributed by atoms with Gasteiger partial charge in [-0.2, -0.15) is 0 Å². The number of para-hydroxylation sites is 3. The van der Waals surface area contributed by atoms with E-state index in [2.05, 4.69) is 237 Å². The van der Waals surface area contributed by atoms with Crippen LogP contribution in [0.4, 0.5) is 0 Å². The maximum absolute atomic E-state index is 3.75. The fourth-order valence-corrected chi connectivity index (χ4v) is 9.83. The molecule has 0 bridgehead atoms. The quantitative estimate of drug-likeness (QED) is 0.153. The molecule has 3 heteroatoms. The fourth-order valence-electron chi connectivity index (χ4n) is 9.43. The van der Waals surface area contributed by atoms with Gasteiger partial charge in [0.25, 0.3) is 0 Å². The SMILES string of the molecule is Brc1cccc(-c2cc(-c3ccc4c(c3)c3ccccc3n4-c3ccccc3)cc(-c3ccc4c(c3)c3ccccc3n4-c3cc4ccccc4c4ccccc34)c2)c1. The van der Waals surface area contributed by atoms with Crippen LogP contribution in [0.15, 0.2) is 217 Å². The minimum atomic E-state index is 1.06. The third-order valence-corrected chi connectivity index (χ3v) is 12.6. The number of benzene rings is 10. The molecule has 0 fully saturated rings. The van der Waals surface area contributed by atoms with E-state index in [9.17, 15) is 0 Å². The van der Waals surface area contributed by atoms with E-state index in [-0.39, 0.29) is 0 Å². The van der Waals surface area contributed by atoms with Gasteiger partial charge in [0, 0.05) is 37.1 Å². The Morgan fingerprint density at radius 2 is 0.763 bits per heavy atom. The largest absolute Gasteiger partial charge is 0.309 e. The van der Waals surface area contributed by atoms with Crippen LogP contribution in [0.2, 0.25) is 0 Å². The molecule has 59 heavy (non-hydrogen) atoms. The Labute approximate surface area is 350 Å². The second-order valence-corrected chi connectivity index (χ2v) is 16.4. The van der Waals surface area contributed by atoms with Crippen molar-refractivity contribution in [3.63, 3.8) is 0 Å². The summed E-state index contributed by atoms with van der Waals surface area (Å²) < 4.78 is 5.91. The lowest BCUT2D eigenvalue weighted by atomic mass is 9.92. The highest BCUT2D eigenvalue weighted by Crippen LogP contribution is 2.42. The van der Waals surface area contributed by atoms with Gasteiger partial charge in [0.1, 0.15) is 0 Å². The van der Waals surface area contributed by atoms with Gasteiger partial charge in [0.2, 0.25) is 0 Å². The second-order valence-electron chi connectivity index (χ2n) is 15.5. The molecule has 12 rings (SSSR count). The number of fused-ring (bicyclic) bond motifs is 9. The third kappa shape index (κ3) is 5.46. The predicted octanol–water partition coefficient (Wildman–Crippen LogP) is 16.0. The molecule has 276 valence electrons. The first-order valence-corrected chi connectivity index (χ1v) is 20.9. The molecular formula is C56H35BrN2. The van der Waals surface area contributed by atoms with E-state index >= 15 is 0 Å². The lowest BCUT2D eigenvalue weighted by Gasteiger charge is -2.15. The van der Waals surface area contributed by atoms with E-state index in [1.807, 2.05) is 0 Å². The van der Waals surface area contributed by atoms with Crippen molar-refractivity contribution < 1.29 is 0 Å². The van der Waals surface area contributed by atoms with Crippen LogP contribution in [-0.4, -0.2) is 9.13 Å². The summed E-state index contributed by atoms with van der Waals surface area (Å²) in [6, 6.07) is 77.9. The Morgan fingerprint density at radius 3 is 1.41 bits per heavy atom. The Kier molecular flexibility index (Phi) is 7.72. The van der Waals surface area contributed by atoms with Crippen molar-refractivity contribution in [2.24, 2.45) is 0 Å². The van der Waals surface area contributed by atoms with Crippen molar-refractivity contribution in [1.29, 1.82) is 0 Å². The molecule has 10 aromatic carbocycles. The molecular weight excluding hydrogens is 781 g/mol. The average Bonchev–Trinajstić information content (AvgIpc) is 3.81. The highest BCUT2D eigenvalue weighted by Gasteiger charge is 2.18. The number of hydrogen-bond donors (Lipinski definition) is 0. The van der Waals surface area contributed by atoms with Crippen LogP contribution in [0.3, 0.4) is 0 Å². The Balaban J connectivity index is 1.07. The van der Waals surface area contributed by atoms with Crippen molar-refractivity contribution >= 4 is 81.1 Å². The summed E-state index contributed by atoms with van der Waals surface area (Å²) in [6.45, 7) is 0. The Hall–Kier alpha value is -7.20. The molecule has 12 aromatic rings. The minimum absolute atomic E-state index is 1.06. The molecule has 0 spiro atoms. The lowest BCUT2D eigenvalue weighted by Crippen LogP contribution is -1.96. The molecule has 2 heterocycles. The van der Waals surface area contributed by atoms with Crippen LogP contribution >= 0.6 is 15.9 Å². The zero-order chi connectivity index (χ0) is 39.0. The summed E-state index contributed by atoms with van der Waals surface area (Å²) in [7, 11) is 0. The van der Waals surface area contributed by atoms with E-state index < -0.39 is 0 Å². The smallest absolute Gasteiger partial charge is 0.0546 e. The van der Waals surface area contributed by atoms with Crippen LogP contribution in [0.25, 0.3) is 110 Å². The monoisotopic (exact) mass is 814 g/mol. The molecule has 0 aliphatic carbocycles. The van der Waals surface area contributed by atoms with Crippen molar-refractivity contribution in [2.75, 3.05) is 0 Å². The van der Waals surface area contributed by atoms with E-state index in [4.69, 9.17) is 0 Å². The van der Waals surface area contributed by atoms with Crippen LogP contribution in [0.1, 0.15) is 0 Å². The summed E-state index contributed by atoms with van der Waals surface area (Å²) in [5.41, 5.74) is 14.2. The summed E-state index contributed by atoms with van der Waals surface area (Å²) >= 11 is 3.75. The van der Waals surface area contributed by atoms with Crippen molar-refractivity contribution in [1.82, 2.24) is 9.13 Å². The number of nitrogens with zero attached hydrogens (tertiary/aromatic N) is 2. The Morgan fingerprint density at radius 1 is 0.271 bits per heavy atom. The predicted molar refractivity (Wildman–Crippen MR) is 254 cm³/mol. The zero-order valence-corrected chi connectivity index (χ0v) is 33.6. The highest BCUT2D eigenvalue weighted by molar-refractivity contribution is 9.10.